The molecule has 1 aliphatic carbocycles. The van der Waals surface area contributed by atoms with Crippen LogP contribution in [-0.2, 0) is 19.9 Å². The van der Waals surface area contributed by atoms with Crippen LogP contribution < -0.4 is 0 Å². The number of benzene rings is 1. The van der Waals surface area contributed by atoms with Gasteiger partial charge in [-0.25, -0.2) is 4.79 Å². The second kappa shape index (κ2) is 4.90. The molecule has 0 amide bonds. The highest BCUT2D eigenvalue weighted by Crippen LogP contribution is 2.39. The van der Waals surface area contributed by atoms with E-state index in [0.29, 0.717) is 24.8 Å². The summed E-state index contributed by atoms with van der Waals surface area (Å²) < 4.78 is 4.69. The van der Waals surface area contributed by atoms with Gasteiger partial charge in [0.1, 0.15) is 5.78 Å². The van der Waals surface area contributed by atoms with Gasteiger partial charge in [-0.2, -0.15) is 0 Å². The SMILES string of the molecule is COC(=O)[C@@](O)(c1ccccc1)[C@@H]1CCCC1=O. The number of esters is 1. The largest absolute Gasteiger partial charge is 0.467 e. The molecule has 0 saturated heterocycles. The number of ketones is 1. The van der Waals surface area contributed by atoms with Gasteiger partial charge >= 0.3 is 5.97 Å². The minimum atomic E-state index is -1.86. The Morgan fingerprint density at radius 1 is 1.39 bits per heavy atom. The normalized spacial score (nSPS) is 22.6. The van der Waals surface area contributed by atoms with Gasteiger partial charge in [0.2, 0.25) is 0 Å². The highest BCUT2D eigenvalue weighted by atomic mass is 16.5. The highest BCUT2D eigenvalue weighted by molar-refractivity contribution is 5.92. The van der Waals surface area contributed by atoms with Crippen LogP contribution in [0.3, 0.4) is 0 Å². The lowest BCUT2D eigenvalue weighted by atomic mass is 9.79. The molecule has 0 spiro atoms. The molecule has 1 N–H and O–H groups in total. The number of hydrogen-bond acceptors (Lipinski definition) is 4. The van der Waals surface area contributed by atoms with E-state index in [1.807, 2.05) is 0 Å². The third-order valence-corrected chi connectivity index (χ3v) is 3.52. The van der Waals surface area contributed by atoms with Gasteiger partial charge in [-0.05, 0) is 18.4 Å². The average Bonchev–Trinajstić information content (AvgIpc) is 2.84. The first kappa shape index (κ1) is 12.8. The van der Waals surface area contributed by atoms with Crippen LogP contribution in [0.2, 0.25) is 0 Å². The van der Waals surface area contributed by atoms with E-state index in [1.165, 1.54) is 7.11 Å². The van der Waals surface area contributed by atoms with Crippen LogP contribution in [0.1, 0.15) is 24.8 Å². The maximum atomic E-state index is 11.9. The number of hydrogen-bond donors (Lipinski definition) is 1. The Morgan fingerprint density at radius 2 is 2.06 bits per heavy atom. The Labute approximate surface area is 106 Å². The number of methoxy groups -OCH3 is 1. The molecule has 0 unspecified atom stereocenters. The van der Waals surface area contributed by atoms with Crippen molar-refractivity contribution in [3.63, 3.8) is 0 Å². The highest BCUT2D eigenvalue weighted by Gasteiger charge is 2.51. The molecule has 0 radical (unpaired) electrons. The summed E-state index contributed by atoms with van der Waals surface area (Å²) in [6, 6.07) is 8.52. The number of Topliss-reactive ketones (excluding diaryl/α,β-unsaturated/α-hetero) is 1. The smallest absolute Gasteiger partial charge is 0.343 e. The minimum Gasteiger partial charge on any atom is -0.467 e. The second-order valence-corrected chi connectivity index (χ2v) is 4.54. The molecule has 96 valence electrons. The van der Waals surface area contributed by atoms with E-state index >= 15 is 0 Å². The summed E-state index contributed by atoms with van der Waals surface area (Å²) >= 11 is 0. The first-order chi connectivity index (χ1) is 8.60. The first-order valence-corrected chi connectivity index (χ1v) is 5.99. The van der Waals surface area contributed by atoms with Crippen molar-refractivity contribution in [2.24, 2.45) is 5.92 Å². The molecule has 1 fully saturated rings. The predicted molar refractivity (Wildman–Crippen MR) is 64.7 cm³/mol. The van der Waals surface area contributed by atoms with Crippen LogP contribution in [0.25, 0.3) is 0 Å². The van der Waals surface area contributed by atoms with Gasteiger partial charge in [-0.15, -0.1) is 0 Å². The summed E-state index contributed by atoms with van der Waals surface area (Å²) in [6.07, 6.45) is 1.63. The molecule has 1 aromatic carbocycles. The van der Waals surface area contributed by atoms with Crippen LogP contribution >= 0.6 is 0 Å². The number of carbonyl (C=O) groups excluding carboxylic acids is 2. The third-order valence-electron chi connectivity index (χ3n) is 3.52. The lowest BCUT2D eigenvalue weighted by Crippen LogP contribution is -2.45. The van der Waals surface area contributed by atoms with Gasteiger partial charge < -0.3 is 9.84 Å². The molecular weight excluding hydrogens is 232 g/mol. The van der Waals surface area contributed by atoms with E-state index in [0.717, 1.165) is 0 Å². The number of ether oxygens (including phenoxy) is 1. The molecule has 18 heavy (non-hydrogen) atoms. The molecule has 2 atom stereocenters. The van der Waals surface area contributed by atoms with Gasteiger partial charge in [-0.3, -0.25) is 4.79 Å². The number of carbonyl (C=O) groups is 2. The van der Waals surface area contributed by atoms with Crippen LogP contribution in [0.5, 0.6) is 0 Å². The van der Waals surface area contributed by atoms with Crippen LogP contribution in [0.4, 0.5) is 0 Å². The van der Waals surface area contributed by atoms with Crippen molar-refractivity contribution in [2.75, 3.05) is 7.11 Å². The van der Waals surface area contributed by atoms with E-state index < -0.39 is 17.5 Å². The summed E-state index contributed by atoms with van der Waals surface area (Å²) in [5.41, 5.74) is -1.44. The molecule has 1 saturated carbocycles. The zero-order chi connectivity index (χ0) is 13.2. The van der Waals surface area contributed by atoms with Gasteiger partial charge in [0.15, 0.2) is 5.60 Å². The molecule has 0 heterocycles. The fourth-order valence-corrected chi connectivity index (χ4v) is 2.57. The second-order valence-electron chi connectivity index (χ2n) is 4.54. The van der Waals surface area contributed by atoms with Crippen molar-refractivity contribution in [3.8, 4) is 0 Å². The molecule has 0 aliphatic heterocycles. The molecule has 1 aromatic rings. The fraction of sp³-hybridized carbons (Fsp3) is 0.429. The van der Waals surface area contributed by atoms with E-state index in [2.05, 4.69) is 4.74 Å². The zero-order valence-corrected chi connectivity index (χ0v) is 10.3. The van der Waals surface area contributed by atoms with Crippen LogP contribution in [0, 0.1) is 5.92 Å². The van der Waals surface area contributed by atoms with Crippen LogP contribution in [-0.4, -0.2) is 24.0 Å². The Bertz CT molecular complexity index is 454. The Kier molecular flexibility index (Phi) is 3.48. The molecule has 4 heteroatoms. The van der Waals surface area contributed by atoms with Gasteiger partial charge in [-0.1, -0.05) is 30.3 Å². The zero-order valence-electron chi connectivity index (χ0n) is 10.3. The first-order valence-electron chi connectivity index (χ1n) is 5.99. The number of rotatable bonds is 3. The molecule has 4 nitrogen and oxygen atoms in total. The van der Waals surface area contributed by atoms with Crippen molar-refractivity contribution >= 4 is 11.8 Å². The number of aliphatic hydroxyl groups is 1. The molecule has 2 rings (SSSR count). The quantitative estimate of drug-likeness (QED) is 0.822. The van der Waals surface area contributed by atoms with Gasteiger partial charge in [0.05, 0.1) is 13.0 Å². The van der Waals surface area contributed by atoms with E-state index in [9.17, 15) is 14.7 Å². The molecular formula is C14H16O4. The van der Waals surface area contributed by atoms with E-state index in [1.54, 1.807) is 30.3 Å². The Balaban J connectivity index is 2.47. The predicted octanol–water partition coefficient (Wildman–Crippen LogP) is 1.42. The summed E-state index contributed by atoms with van der Waals surface area (Å²) in [5.74, 6) is -1.55. The molecule has 1 aliphatic rings. The fourth-order valence-electron chi connectivity index (χ4n) is 2.57. The lowest BCUT2D eigenvalue weighted by molar-refractivity contribution is -0.172. The lowest BCUT2D eigenvalue weighted by Gasteiger charge is -2.30. The standard InChI is InChI=1S/C14H16O4/c1-18-13(16)14(17,10-6-3-2-4-7-10)11-8-5-9-12(11)15/h2-4,6-7,11,17H,5,8-9H2,1H3/t11-,14-/m1/s1. The van der Waals surface area contributed by atoms with Crippen molar-refractivity contribution in [1.82, 2.24) is 0 Å². The summed E-state index contributed by atoms with van der Waals surface area (Å²) in [7, 11) is 1.22. The molecule has 0 aromatic heterocycles. The van der Waals surface area contributed by atoms with Gasteiger partial charge in [0, 0.05) is 6.42 Å². The maximum absolute atomic E-state index is 11.9. The molecule has 0 bridgehead atoms. The summed E-state index contributed by atoms with van der Waals surface area (Å²) in [4.78, 5) is 23.8. The monoisotopic (exact) mass is 248 g/mol. The maximum Gasteiger partial charge on any atom is 0.343 e. The Hall–Kier alpha value is -1.68. The van der Waals surface area contributed by atoms with Crippen molar-refractivity contribution < 1.29 is 19.4 Å². The van der Waals surface area contributed by atoms with Gasteiger partial charge in [0.25, 0.3) is 0 Å². The Morgan fingerprint density at radius 3 is 2.56 bits per heavy atom. The van der Waals surface area contributed by atoms with E-state index in [4.69, 9.17) is 0 Å². The third kappa shape index (κ3) is 1.93. The van der Waals surface area contributed by atoms with E-state index in [-0.39, 0.29) is 5.78 Å². The van der Waals surface area contributed by atoms with Crippen molar-refractivity contribution in [2.45, 2.75) is 24.9 Å². The van der Waals surface area contributed by atoms with Crippen molar-refractivity contribution in [3.05, 3.63) is 35.9 Å². The summed E-state index contributed by atoms with van der Waals surface area (Å²) in [6.45, 7) is 0. The topological polar surface area (TPSA) is 63.6 Å². The van der Waals surface area contributed by atoms with Crippen LogP contribution in [0.15, 0.2) is 30.3 Å². The average molecular weight is 248 g/mol. The summed E-state index contributed by atoms with van der Waals surface area (Å²) in [5, 5.41) is 10.7. The minimum absolute atomic E-state index is 0.0771. The van der Waals surface area contributed by atoms with Crippen molar-refractivity contribution in [1.29, 1.82) is 0 Å².